The number of imidazole rings is 1. The molecule has 0 fully saturated rings. The summed E-state index contributed by atoms with van der Waals surface area (Å²) < 4.78 is 7.36. The molecular formula is C13H13N3OS. The first-order valence-electron chi connectivity index (χ1n) is 5.57. The number of nitrogens with two attached hydrogens (primary N) is 1. The van der Waals surface area contributed by atoms with E-state index in [1.807, 2.05) is 35.6 Å². The van der Waals surface area contributed by atoms with Gasteiger partial charge in [0.2, 0.25) is 0 Å². The smallest absolute Gasteiger partial charge is 0.196 e. The molecule has 0 aliphatic rings. The Balaban J connectivity index is 2.31. The Morgan fingerprint density at radius 1 is 1.33 bits per heavy atom. The highest BCUT2D eigenvalue weighted by Gasteiger charge is 2.15. The number of benzene rings is 1. The van der Waals surface area contributed by atoms with E-state index in [2.05, 4.69) is 10.4 Å². The average molecular weight is 259 g/mol. The van der Waals surface area contributed by atoms with Crippen LogP contribution in [0.2, 0.25) is 0 Å². The number of para-hydroxylation sites is 1. The van der Waals surface area contributed by atoms with Crippen molar-refractivity contribution in [1.82, 2.24) is 9.38 Å². The number of ether oxygens (including phenoxy) is 1. The minimum Gasteiger partial charge on any atom is -0.496 e. The number of anilines is 1. The first-order valence-corrected chi connectivity index (χ1v) is 6.45. The summed E-state index contributed by atoms with van der Waals surface area (Å²) in [6, 6.07) is 7.91. The fourth-order valence-electron chi connectivity index (χ4n) is 2.03. The van der Waals surface area contributed by atoms with E-state index in [1.54, 1.807) is 18.4 Å². The van der Waals surface area contributed by atoms with Crippen LogP contribution >= 0.6 is 11.3 Å². The number of thiazole rings is 1. The standard InChI is InChI=1S/C13H13N3OS/c1-8-12(14)16-10(7-18-13(16)15-8)9-5-3-4-6-11(9)17-2/h3-7H,14H2,1-2H3. The van der Waals surface area contributed by atoms with Crippen molar-refractivity contribution in [3.63, 3.8) is 0 Å². The maximum Gasteiger partial charge on any atom is 0.196 e. The van der Waals surface area contributed by atoms with E-state index in [0.717, 1.165) is 27.7 Å². The largest absolute Gasteiger partial charge is 0.496 e. The number of nitrogens with zero attached hydrogens (tertiary/aromatic N) is 2. The van der Waals surface area contributed by atoms with Crippen molar-refractivity contribution in [3.05, 3.63) is 35.3 Å². The number of aromatic nitrogens is 2. The van der Waals surface area contributed by atoms with Crippen molar-refractivity contribution in [3.8, 4) is 17.0 Å². The quantitative estimate of drug-likeness (QED) is 0.769. The first-order chi connectivity index (χ1) is 8.72. The lowest BCUT2D eigenvalue weighted by molar-refractivity contribution is 0.416. The molecule has 0 saturated heterocycles. The van der Waals surface area contributed by atoms with Gasteiger partial charge >= 0.3 is 0 Å². The summed E-state index contributed by atoms with van der Waals surface area (Å²) in [7, 11) is 1.67. The lowest BCUT2D eigenvalue weighted by Gasteiger charge is -2.07. The van der Waals surface area contributed by atoms with Gasteiger partial charge in [0.25, 0.3) is 0 Å². The van der Waals surface area contributed by atoms with E-state index in [0.29, 0.717) is 5.82 Å². The normalized spacial score (nSPS) is 11.0. The van der Waals surface area contributed by atoms with Gasteiger partial charge in [0.05, 0.1) is 18.5 Å². The third-order valence-electron chi connectivity index (χ3n) is 2.97. The monoisotopic (exact) mass is 259 g/mol. The highest BCUT2D eigenvalue weighted by atomic mass is 32.1. The summed E-state index contributed by atoms with van der Waals surface area (Å²) in [5.41, 5.74) is 8.98. The van der Waals surface area contributed by atoms with E-state index >= 15 is 0 Å². The molecule has 2 N–H and O–H groups in total. The molecule has 1 aromatic carbocycles. The molecule has 18 heavy (non-hydrogen) atoms. The molecule has 0 unspecified atom stereocenters. The summed E-state index contributed by atoms with van der Waals surface area (Å²) in [5, 5.41) is 2.05. The van der Waals surface area contributed by atoms with Crippen LogP contribution in [0.3, 0.4) is 0 Å². The molecule has 4 nitrogen and oxygen atoms in total. The van der Waals surface area contributed by atoms with Gasteiger partial charge in [-0.2, -0.15) is 0 Å². The van der Waals surface area contributed by atoms with E-state index < -0.39 is 0 Å². The van der Waals surface area contributed by atoms with Crippen LogP contribution in [0.15, 0.2) is 29.6 Å². The van der Waals surface area contributed by atoms with E-state index in [9.17, 15) is 0 Å². The lowest BCUT2D eigenvalue weighted by atomic mass is 10.1. The van der Waals surface area contributed by atoms with Gasteiger partial charge in [0.1, 0.15) is 11.6 Å². The van der Waals surface area contributed by atoms with Gasteiger partial charge in [0.15, 0.2) is 4.96 Å². The van der Waals surface area contributed by atoms with E-state index in [-0.39, 0.29) is 0 Å². The summed E-state index contributed by atoms with van der Waals surface area (Å²) in [6.45, 7) is 1.92. The maximum absolute atomic E-state index is 6.08. The summed E-state index contributed by atoms with van der Waals surface area (Å²) in [5.74, 6) is 1.52. The molecule has 3 rings (SSSR count). The van der Waals surface area contributed by atoms with Crippen molar-refractivity contribution in [2.24, 2.45) is 0 Å². The zero-order valence-electron chi connectivity index (χ0n) is 10.2. The van der Waals surface area contributed by atoms with Crippen molar-refractivity contribution >= 4 is 22.1 Å². The molecule has 0 radical (unpaired) electrons. The molecule has 2 aromatic heterocycles. The van der Waals surface area contributed by atoms with Crippen LogP contribution in [0.1, 0.15) is 5.69 Å². The molecule has 0 bridgehead atoms. The van der Waals surface area contributed by atoms with Gasteiger partial charge in [0, 0.05) is 10.9 Å². The van der Waals surface area contributed by atoms with Gasteiger partial charge in [-0.25, -0.2) is 4.98 Å². The van der Waals surface area contributed by atoms with Gasteiger partial charge in [-0.05, 0) is 19.1 Å². The average Bonchev–Trinajstić information content (AvgIpc) is 2.91. The van der Waals surface area contributed by atoms with Crippen LogP contribution in [-0.2, 0) is 0 Å². The molecule has 0 amide bonds. The number of hydrogen-bond acceptors (Lipinski definition) is 4. The minimum absolute atomic E-state index is 0.687. The van der Waals surface area contributed by atoms with Crippen LogP contribution < -0.4 is 10.5 Å². The third-order valence-corrected chi connectivity index (χ3v) is 3.79. The second-order valence-corrected chi connectivity index (χ2v) is 4.86. The second-order valence-electron chi connectivity index (χ2n) is 4.02. The van der Waals surface area contributed by atoms with E-state index in [1.165, 1.54) is 0 Å². The summed E-state index contributed by atoms with van der Waals surface area (Å²) >= 11 is 1.58. The van der Waals surface area contributed by atoms with Crippen molar-refractivity contribution in [1.29, 1.82) is 0 Å². The van der Waals surface area contributed by atoms with Gasteiger partial charge in [-0.1, -0.05) is 12.1 Å². The Kier molecular flexibility index (Phi) is 2.48. The van der Waals surface area contributed by atoms with E-state index in [4.69, 9.17) is 10.5 Å². The summed E-state index contributed by atoms with van der Waals surface area (Å²) in [4.78, 5) is 5.34. The Hall–Kier alpha value is -2.01. The van der Waals surface area contributed by atoms with Gasteiger partial charge < -0.3 is 10.5 Å². The summed E-state index contributed by atoms with van der Waals surface area (Å²) in [6.07, 6.45) is 0. The predicted octanol–water partition coefficient (Wildman–Crippen LogP) is 2.96. The molecule has 5 heteroatoms. The van der Waals surface area contributed by atoms with Crippen LogP contribution in [0.4, 0.5) is 5.82 Å². The highest BCUT2D eigenvalue weighted by Crippen LogP contribution is 2.34. The zero-order valence-corrected chi connectivity index (χ0v) is 11.0. The van der Waals surface area contributed by atoms with Crippen molar-refractivity contribution in [2.75, 3.05) is 12.8 Å². The molecule has 0 saturated carbocycles. The number of fused-ring (bicyclic) bond motifs is 1. The Morgan fingerprint density at radius 2 is 2.11 bits per heavy atom. The maximum atomic E-state index is 6.08. The number of methoxy groups -OCH3 is 1. The van der Waals surface area contributed by atoms with Crippen molar-refractivity contribution < 1.29 is 4.74 Å². The first kappa shape index (κ1) is 11.1. The SMILES string of the molecule is COc1ccccc1-c1csc2nc(C)c(N)n12. The Bertz CT molecular complexity index is 714. The van der Waals surface area contributed by atoms with Gasteiger partial charge in [-0.15, -0.1) is 11.3 Å². The molecule has 0 aliphatic heterocycles. The predicted molar refractivity (Wildman–Crippen MR) is 74.2 cm³/mol. The number of hydrogen-bond donors (Lipinski definition) is 1. The molecule has 0 spiro atoms. The highest BCUT2D eigenvalue weighted by molar-refractivity contribution is 7.15. The third kappa shape index (κ3) is 1.48. The molecule has 92 valence electrons. The van der Waals surface area contributed by atoms with Crippen LogP contribution in [-0.4, -0.2) is 16.5 Å². The number of nitrogen functional groups attached to an aromatic ring is 1. The second kappa shape index (κ2) is 4.03. The van der Waals surface area contributed by atoms with Crippen LogP contribution in [0.25, 0.3) is 16.2 Å². The zero-order chi connectivity index (χ0) is 12.7. The van der Waals surface area contributed by atoms with Crippen LogP contribution in [0, 0.1) is 6.92 Å². The molecule has 2 heterocycles. The Morgan fingerprint density at radius 3 is 2.89 bits per heavy atom. The topological polar surface area (TPSA) is 52.5 Å². The fraction of sp³-hybridized carbons (Fsp3) is 0.154. The molecule has 0 atom stereocenters. The lowest BCUT2D eigenvalue weighted by Crippen LogP contribution is -1.96. The van der Waals surface area contributed by atoms with Crippen LogP contribution in [0.5, 0.6) is 5.75 Å². The van der Waals surface area contributed by atoms with Gasteiger partial charge in [-0.3, -0.25) is 4.40 Å². The molecule has 3 aromatic rings. The molecular weight excluding hydrogens is 246 g/mol. The molecule has 0 aliphatic carbocycles. The minimum atomic E-state index is 0.687. The Labute approximate surface area is 109 Å². The number of aryl methyl sites for hydroxylation is 1. The number of rotatable bonds is 2. The fourth-order valence-corrected chi connectivity index (χ4v) is 2.97. The van der Waals surface area contributed by atoms with Crippen molar-refractivity contribution in [2.45, 2.75) is 6.92 Å².